The average molecular weight is 936 g/mol. The summed E-state index contributed by atoms with van der Waals surface area (Å²) in [7, 11) is 0. The van der Waals surface area contributed by atoms with Gasteiger partial charge in [-0.3, -0.25) is 14.4 Å². The van der Waals surface area contributed by atoms with Gasteiger partial charge < -0.3 is 14.2 Å². The zero-order valence-electron chi connectivity index (χ0n) is 44.2. The van der Waals surface area contributed by atoms with Crippen molar-refractivity contribution >= 4 is 17.9 Å². The van der Waals surface area contributed by atoms with Crippen LogP contribution in [0.3, 0.4) is 0 Å². The van der Waals surface area contributed by atoms with E-state index in [0.29, 0.717) is 19.3 Å². The van der Waals surface area contributed by atoms with E-state index in [1.807, 2.05) is 0 Å². The fourth-order valence-electron chi connectivity index (χ4n) is 7.93. The van der Waals surface area contributed by atoms with E-state index in [9.17, 15) is 14.4 Å². The van der Waals surface area contributed by atoms with Gasteiger partial charge in [0.15, 0.2) is 6.10 Å². The second kappa shape index (κ2) is 55.4. The van der Waals surface area contributed by atoms with Crippen LogP contribution in [-0.4, -0.2) is 37.2 Å². The lowest BCUT2D eigenvalue weighted by atomic mass is 10.1. The molecule has 0 bridgehead atoms. The van der Waals surface area contributed by atoms with Crippen LogP contribution in [0.2, 0.25) is 0 Å². The molecule has 0 aromatic carbocycles. The first-order valence-corrected chi connectivity index (χ1v) is 28.4. The molecule has 0 rings (SSSR count). The number of carbonyl (C=O) groups excluding carboxylic acids is 3. The van der Waals surface area contributed by atoms with Crippen molar-refractivity contribution in [2.24, 2.45) is 0 Å². The van der Waals surface area contributed by atoms with E-state index < -0.39 is 6.10 Å². The summed E-state index contributed by atoms with van der Waals surface area (Å²) < 4.78 is 16.8. The first-order chi connectivity index (χ1) is 33.0. The molecule has 0 fully saturated rings. The number of esters is 3. The lowest BCUT2D eigenvalue weighted by molar-refractivity contribution is -0.167. The Morgan fingerprint density at radius 3 is 0.910 bits per heavy atom. The van der Waals surface area contributed by atoms with Crippen LogP contribution in [0.1, 0.15) is 278 Å². The molecule has 386 valence electrons. The zero-order chi connectivity index (χ0) is 48.6. The molecule has 67 heavy (non-hydrogen) atoms. The van der Waals surface area contributed by atoms with Crippen molar-refractivity contribution in [2.45, 2.75) is 284 Å². The van der Waals surface area contributed by atoms with Gasteiger partial charge in [-0.25, -0.2) is 0 Å². The third-order valence-corrected chi connectivity index (χ3v) is 12.2. The molecule has 0 N–H and O–H groups in total. The molecular weight excluding hydrogens is 829 g/mol. The van der Waals surface area contributed by atoms with Gasteiger partial charge in [0.25, 0.3) is 0 Å². The molecule has 0 aliphatic carbocycles. The van der Waals surface area contributed by atoms with Gasteiger partial charge in [-0.05, 0) is 89.9 Å². The number of unbranched alkanes of at least 4 members (excludes halogenated alkanes) is 28. The topological polar surface area (TPSA) is 78.9 Å². The molecule has 6 nitrogen and oxygen atoms in total. The van der Waals surface area contributed by atoms with Crippen molar-refractivity contribution in [3.05, 3.63) is 72.9 Å². The molecule has 0 aliphatic heterocycles. The first kappa shape index (κ1) is 63.8. The summed E-state index contributed by atoms with van der Waals surface area (Å²) in [5.41, 5.74) is 0. The largest absolute Gasteiger partial charge is 0.462 e. The number of ether oxygens (including phenoxy) is 3. The van der Waals surface area contributed by atoms with Crippen LogP contribution in [0.4, 0.5) is 0 Å². The fourth-order valence-corrected chi connectivity index (χ4v) is 7.93. The summed E-state index contributed by atoms with van der Waals surface area (Å²) in [4.78, 5) is 38.1. The molecule has 0 aliphatic rings. The number of allylic oxidation sites excluding steroid dienone is 12. The van der Waals surface area contributed by atoms with E-state index in [1.165, 1.54) is 122 Å². The molecular formula is C61H106O6. The number of carbonyl (C=O) groups is 3. The number of hydrogen-bond donors (Lipinski definition) is 0. The Morgan fingerprint density at radius 1 is 0.313 bits per heavy atom. The monoisotopic (exact) mass is 935 g/mol. The highest BCUT2D eigenvalue weighted by Gasteiger charge is 2.19. The van der Waals surface area contributed by atoms with Crippen molar-refractivity contribution in [1.82, 2.24) is 0 Å². The Bertz CT molecular complexity index is 1260. The molecule has 0 radical (unpaired) electrons. The van der Waals surface area contributed by atoms with Gasteiger partial charge in [-0.15, -0.1) is 0 Å². The van der Waals surface area contributed by atoms with E-state index >= 15 is 0 Å². The SMILES string of the molecule is CC/C=C\C/C=C\C/C=C\CCCCCCCC(=O)OC(COC(=O)CCCCCCCCCC/C=C\C/C=C\C/C=C\CCCCCCC)COC(=O)CCCCCCCCCCCCC. The Labute approximate surface area is 414 Å². The third-order valence-electron chi connectivity index (χ3n) is 12.2. The molecule has 0 amide bonds. The molecule has 0 spiro atoms. The molecule has 1 atom stereocenters. The lowest BCUT2D eigenvalue weighted by Gasteiger charge is -2.18. The second-order valence-corrected chi connectivity index (χ2v) is 18.8. The summed E-state index contributed by atoms with van der Waals surface area (Å²) in [5, 5.41) is 0. The van der Waals surface area contributed by atoms with E-state index in [-0.39, 0.29) is 31.1 Å². The van der Waals surface area contributed by atoms with Crippen LogP contribution in [0.25, 0.3) is 0 Å². The van der Waals surface area contributed by atoms with Crippen molar-refractivity contribution in [3.63, 3.8) is 0 Å². The summed E-state index contributed by atoms with van der Waals surface area (Å²) in [5.74, 6) is -0.902. The Hall–Kier alpha value is -3.15. The van der Waals surface area contributed by atoms with E-state index in [0.717, 1.165) is 116 Å². The molecule has 0 saturated carbocycles. The van der Waals surface area contributed by atoms with Gasteiger partial charge in [0.2, 0.25) is 0 Å². The predicted molar refractivity (Wildman–Crippen MR) is 288 cm³/mol. The second-order valence-electron chi connectivity index (χ2n) is 18.8. The molecule has 0 aromatic heterocycles. The fraction of sp³-hybridized carbons (Fsp3) is 0.754. The van der Waals surface area contributed by atoms with Crippen LogP contribution < -0.4 is 0 Å². The standard InChI is InChI=1S/C61H106O6/c1-4-7-10-13-16-19-22-24-26-27-28-29-30-31-32-33-35-36-39-42-45-48-51-54-60(63)66-57-58(56-65-59(62)53-50-47-44-41-38-21-18-15-12-9-6-3)67-61(64)55-52-49-46-43-40-37-34-25-23-20-17-14-11-8-5-2/h8,11,17,20,22,24-25,27-28,30-31,34,58H,4-7,9-10,12-16,18-19,21,23,26,29,32-33,35-57H2,1-3H3/b11-8-,20-17-,24-22-,28-27-,31-30-,34-25-. The first-order valence-electron chi connectivity index (χ1n) is 28.4. The molecule has 1 unspecified atom stereocenters. The molecule has 0 saturated heterocycles. The van der Waals surface area contributed by atoms with E-state index in [1.54, 1.807) is 0 Å². The van der Waals surface area contributed by atoms with Gasteiger partial charge in [0.1, 0.15) is 13.2 Å². The quantitative estimate of drug-likeness (QED) is 0.0262. The Morgan fingerprint density at radius 2 is 0.582 bits per heavy atom. The maximum atomic E-state index is 12.8. The predicted octanol–water partition coefficient (Wildman–Crippen LogP) is 19.0. The summed E-state index contributed by atoms with van der Waals surface area (Å²) in [6.07, 6.45) is 70.3. The van der Waals surface area contributed by atoms with Gasteiger partial charge >= 0.3 is 17.9 Å². The van der Waals surface area contributed by atoms with Crippen LogP contribution in [-0.2, 0) is 28.6 Å². The van der Waals surface area contributed by atoms with Crippen molar-refractivity contribution < 1.29 is 28.6 Å². The minimum absolute atomic E-state index is 0.0832. The van der Waals surface area contributed by atoms with E-state index in [4.69, 9.17) is 14.2 Å². The third kappa shape index (κ3) is 53.7. The van der Waals surface area contributed by atoms with Gasteiger partial charge in [0, 0.05) is 19.3 Å². The highest BCUT2D eigenvalue weighted by molar-refractivity contribution is 5.71. The highest BCUT2D eigenvalue weighted by atomic mass is 16.6. The van der Waals surface area contributed by atoms with Crippen molar-refractivity contribution in [1.29, 1.82) is 0 Å². The van der Waals surface area contributed by atoms with Gasteiger partial charge in [-0.2, -0.15) is 0 Å². The van der Waals surface area contributed by atoms with Crippen LogP contribution in [0.15, 0.2) is 72.9 Å². The normalized spacial score (nSPS) is 12.6. The van der Waals surface area contributed by atoms with Gasteiger partial charge in [-0.1, -0.05) is 241 Å². The number of hydrogen-bond acceptors (Lipinski definition) is 6. The molecule has 0 aromatic rings. The minimum Gasteiger partial charge on any atom is -0.462 e. The Kier molecular flexibility index (Phi) is 52.8. The van der Waals surface area contributed by atoms with Crippen LogP contribution in [0, 0.1) is 0 Å². The number of rotatable bonds is 51. The maximum absolute atomic E-state index is 12.8. The van der Waals surface area contributed by atoms with Crippen molar-refractivity contribution in [2.75, 3.05) is 13.2 Å². The van der Waals surface area contributed by atoms with Gasteiger partial charge in [0.05, 0.1) is 0 Å². The highest BCUT2D eigenvalue weighted by Crippen LogP contribution is 2.15. The van der Waals surface area contributed by atoms with Crippen LogP contribution in [0.5, 0.6) is 0 Å². The minimum atomic E-state index is -0.786. The van der Waals surface area contributed by atoms with E-state index in [2.05, 4.69) is 93.7 Å². The lowest BCUT2D eigenvalue weighted by Crippen LogP contribution is -2.30. The molecule has 0 heterocycles. The van der Waals surface area contributed by atoms with Crippen LogP contribution >= 0.6 is 0 Å². The molecule has 6 heteroatoms. The smallest absolute Gasteiger partial charge is 0.306 e. The summed E-state index contributed by atoms with van der Waals surface area (Å²) >= 11 is 0. The maximum Gasteiger partial charge on any atom is 0.306 e. The average Bonchev–Trinajstić information content (AvgIpc) is 3.33. The Balaban J connectivity index is 4.32. The summed E-state index contributed by atoms with van der Waals surface area (Å²) in [6.45, 7) is 6.50. The zero-order valence-corrected chi connectivity index (χ0v) is 44.2. The summed E-state index contributed by atoms with van der Waals surface area (Å²) in [6, 6.07) is 0. The van der Waals surface area contributed by atoms with Crippen molar-refractivity contribution in [3.8, 4) is 0 Å².